The van der Waals surface area contributed by atoms with E-state index in [1.165, 1.54) is 31.4 Å². The molecule has 2 N–H and O–H groups in total. The van der Waals surface area contributed by atoms with E-state index in [1.807, 2.05) is 0 Å². The molecule has 0 amide bonds. The third-order valence-electron chi connectivity index (χ3n) is 6.30. The van der Waals surface area contributed by atoms with Gasteiger partial charge < -0.3 is 10.5 Å². The van der Waals surface area contributed by atoms with Crippen LogP contribution in [0, 0.1) is 36.4 Å². The normalized spacial score (nSPS) is 22.7. The Morgan fingerprint density at radius 2 is 1.88 bits per heavy atom. The van der Waals surface area contributed by atoms with Crippen LogP contribution in [0.3, 0.4) is 0 Å². The van der Waals surface area contributed by atoms with E-state index in [1.54, 1.807) is 6.92 Å². The lowest BCUT2D eigenvalue weighted by Crippen LogP contribution is -2.28. The van der Waals surface area contributed by atoms with E-state index in [0.717, 1.165) is 31.6 Å². The molecule has 2 atom stereocenters. The summed E-state index contributed by atoms with van der Waals surface area (Å²) in [5, 5.41) is 0. The van der Waals surface area contributed by atoms with Crippen LogP contribution in [-0.2, 0) is 4.79 Å². The summed E-state index contributed by atoms with van der Waals surface area (Å²) in [5.74, 6) is 1.65. The van der Waals surface area contributed by atoms with Crippen LogP contribution in [0.25, 0.3) is 0 Å². The smallest absolute Gasteiger partial charge is 0.314 e. The average molecular weight is 364 g/mol. The van der Waals surface area contributed by atoms with Gasteiger partial charge >= 0.3 is 5.97 Å². The first-order chi connectivity index (χ1) is 12.3. The Morgan fingerprint density at radius 3 is 2.46 bits per heavy atom. The molecule has 0 aromatic heterocycles. The molecule has 0 heterocycles. The fraction of sp³-hybridized carbons (Fsp3) is 0.682. The van der Waals surface area contributed by atoms with Crippen molar-refractivity contribution in [2.75, 3.05) is 5.73 Å². The number of halogens is 1. The molecule has 1 fully saturated rings. The third-order valence-corrected chi connectivity index (χ3v) is 6.30. The van der Waals surface area contributed by atoms with Gasteiger partial charge in [-0.25, -0.2) is 4.39 Å². The van der Waals surface area contributed by atoms with Gasteiger partial charge in [-0.15, -0.1) is 0 Å². The largest absolute Gasteiger partial charge is 0.426 e. The molecule has 146 valence electrons. The minimum absolute atomic E-state index is 0.0846. The number of hydrogen-bond acceptors (Lipinski definition) is 3. The van der Waals surface area contributed by atoms with Crippen molar-refractivity contribution in [3.8, 4) is 5.75 Å². The fourth-order valence-corrected chi connectivity index (χ4v) is 3.84. The zero-order chi connectivity index (χ0) is 19.3. The Morgan fingerprint density at radius 1 is 1.23 bits per heavy atom. The Hall–Kier alpha value is -1.58. The van der Waals surface area contributed by atoms with Crippen molar-refractivity contribution >= 4 is 11.7 Å². The van der Waals surface area contributed by atoms with Crippen molar-refractivity contribution in [3.63, 3.8) is 0 Å². The lowest BCUT2D eigenvalue weighted by Gasteiger charge is -2.31. The van der Waals surface area contributed by atoms with Gasteiger partial charge in [0.05, 0.1) is 5.92 Å². The SMILES string of the molecule is CCC(C)CCC(C)C1CCC(C(=O)Oc2cc(N)c(C)c(F)c2)CC1. The summed E-state index contributed by atoms with van der Waals surface area (Å²) in [6, 6.07) is 2.77. The second-order valence-corrected chi connectivity index (χ2v) is 8.22. The van der Waals surface area contributed by atoms with Gasteiger partial charge in [0.2, 0.25) is 0 Å². The molecule has 26 heavy (non-hydrogen) atoms. The van der Waals surface area contributed by atoms with Gasteiger partial charge in [0.1, 0.15) is 11.6 Å². The minimum atomic E-state index is -0.438. The Bertz CT molecular complexity index is 585. The van der Waals surface area contributed by atoms with Crippen LogP contribution in [0.2, 0.25) is 0 Å². The molecule has 1 aliphatic rings. The van der Waals surface area contributed by atoms with Gasteiger partial charge in [-0.3, -0.25) is 4.79 Å². The van der Waals surface area contributed by atoms with Crippen molar-refractivity contribution in [1.82, 2.24) is 0 Å². The monoisotopic (exact) mass is 363 g/mol. The van der Waals surface area contributed by atoms with Gasteiger partial charge in [-0.2, -0.15) is 0 Å². The predicted molar refractivity (Wildman–Crippen MR) is 104 cm³/mol. The van der Waals surface area contributed by atoms with Crippen molar-refractivity contribution in [2.45, 2.75) is 72.6 Å². The lowest BCUT2D eigenvalue weighted by atomic mass is 9.74. The van der Waals surface area contributed by atoms with Crippen LogP contribution >= 0.6 is 0 Å². The van der Waals surface area contributed by atoms with Gasteiger partial charge in [-0.05, 0) is 50.4 Å². The van der Waals surface area contributed by atoms with Crippen LogP contribution in [0.4, 0.5) is 10.1 Å². The molecule has 0 spiro atoms. The van der Waals surface area contributed by atoms with Gasteiger partial charge in [0.15, 0.2) is 0 Å². The zero-order valence-corrected chi connectivity index (χ0v) is 16.7. The topological polar surface area (TPSA) is 52.3 Å². The van der Waals surface area contributed by atoms with E-state index in [0.29, 0.717) is 23.1 Å². The van der Waals surface area contributed by atoms with Crippen molar-refractivity contribution in [1.29, 1.82) is 0 Å². The van der Waals surface area contributed by atoms with Crippen molar-refractivity contribution < 1.29 is 13.9 Å². The lowest BCUT2D eigenvalue weighted by molar-refractivity contribution is -0.140. The van der Waals surface area contributed by atoms with Gasteiger partial charge in [0.25, 0.3) is 0 Å². The maximum Gasteiger partial charge on any atom is 0.314 e. The number of nitrogens with two attached hydrogens (primary N) is 1. The highest BCUT2D eigenvalue weighted by Crippen LogP contribution is 2.36. The highest BCUT2D eigenvalue weighted by atomic mass is 19.1. The molecule has 1 aliphatic carbocycles. The van der Waals surface area contributed by atoms with Crippen molar-refractivity contribution in [2.24, 2.45) is 23.7 Å². The number of nitrogen functional groups attached to an aromatic ring is 1. The van der Waals surface area contributed by atoms with Gasteiger partial charge in [0, 0.05) is 23.4 Å². The summed E-state index contributed by atoms with van der Waals surface area (Å²) in [5.41, 5.74) is 6.45. The first kappa shape index (κ1) is 20.7. The van der Waals surface area contributed by atoms with Crippen LogP contribution in [0.15, 0.2) is 12.1 Å². The second-order valence-electron chi connectivity index (χ2n) is 8.22. The van der Waals surface area contributed by atoms with E-state index in [-0.39, 0.29) is 17.6 Å². The summed E-state index contributed by atoms with van der Waals surface area (Å²) >= 11 is 0. The third kappa shape index (κ3) is 5.46. The minimum Gasteiger partial charge on any atom is -0.426 e. The molecule has 1 aromatic carbocycles. The highest BCUT2D eigenvalue weighted by Gasteiger charge is 2.30. The maximum absolute atomic E-state index is 13.8. The fourth-order valence-electron chi connectivity index (χ4n) is 3.84. The summed E-state index contributed by atoms with van der Waals surface area (Å²) in [6.07, 6.45) is 7.69. The molecular formula is C22H34FNO2. The molecule has 3 nitrogen and oxygen atoms in total. The number of anilines is 1. The molecule has 0 saturated heterocycles. The number of carbonyl (C=O) groups is 1. The molecule has 0 aliphatic heterocycles. The van der Waals surface area contributed by atoms with Crippen LogP contribution < -0.4 is 10.5 Å². The maximum atomic E-state index is 13.8. The quantitative estimate of drug-likeness (QED) is 0.373. The molecule has 0 radical (unpaired) electrons. The van der Waals surface area contributed by atoms with Crippen LogP contribution in [0.5, 0.6) is 5.75 Å². The average Bonchev–Trinajstić information content (AvgIpc) is 2.63. The van der Waals surface area contributed by atoms with Gasteiger partial charge in [-0.1, -0.05) is 40.0 Å². The van der Waals surface area contributed by atoms with Crippen LogP contribution in [-0.4, -0.2) is 5.97 Å². The zero-order valence-electron chi connectivity index (χ0n) is 16.7. The number of ether oxygens (including phenoxy) is 1. The molecule has 1 saturated carbocycles. The van der Waals surface area contributed by atoms with E-state index < -0.39 is 5.82 Å². The second kappa shape index (κ2) is 9.38. The molecule has 4 heteroatoms. The van der Waals surface area contributed by atoms with E-state index in [9.17, 15) is 9.18 Å². The standard InChI is InChI=1S/C22H34FNO2/c1-5-14(2)6-7-15(3)17-8-10-18(11-9-17)22(25)26-19-12-20(23)16(4)21(24)13-19/h12-15,17-18H,5-11,24H2,1-4H3. The van der Waals surface area contributed by atoms with E-state index in [4.69, 9.17) is 10.5 Å². The first-order valence-electron chi connectivity index (χ1n) is 10.1. The summed E-state index contributed by atoms with van der Waals surface area (Å²) in [6.45, 7) is 8.53. The molecule has 0 bridgehead atoms. The number of carbonyl (C=O) groups excluding carboxylic acids is 1. The molecule has 2 rings (SSSR count). The van der Waals surface area contributed by atoms with Crippen LogP contribution in [0.1, 0.15) is 71.3 Å². The predicted octanol–water partition coefficient (Wildman–Crippen LogP) is 5.89. The number of hydrogen-bond donors (Lipinski definition) is 1. The Labute approximate surface area is 157 Å². The number of rotatable bonds is 7. The number of esters is 1. The van der Waals surface area contributed by atoms with Crippen molar-refractivity contribution in [3.05, 3.63) is 23.5 Å². The Balaban J connectivity index is 1.83. The summed E-state index contributed by atoms with van der Waals surface area (Å²) in [4.78, 5) is 12.4. The first-order valence-corrected chi connectivity index (χ1v) is 10.1. The summed E-state index contributed by atoms with van der Waals surface area (Å²) < 4.78 is 19.2. The number of benzene rings is 1. The molecular weight excluding hydrogens is 329 g/mol. The highest BCUT2D eigenvalue weighted by molar-refractivity contribution is 5.75. The van der Waals surface area contributed by atoms with E-state index in [2.05, 4.69) is 20.8 Å². The Kier molecular flexibility index (Phi) is 7.48. The molecule has 1 aromatic rings. The summed E-state index contributed by atoms with van der Waals surface area (Å²) in [7, 11) is 0. The van der Waals surface area contributed by atoms with E-state index >= 15 is 0 Å². The molecule has 2 unspecified atom stereocenters.